The van der Waals surface area contributed by atoms with Crippen LogP contribution in [0.25, 0.3) is 0 Å². The number of methoxy groups -OCH3 is 1. The van der Waals surface area contributed by atoms with Gasteiger partial charge in [0.2, 0.25) is 0 Å². The van der Waals surface area contributed by atoms with Crippen LogP contribution in [-0.4, -0.2) is 52.4 Å². The molecule has 1 aliphatic carbocycles. The fourth-order valence-electron chi connectivity index (χ4n) is 4.33. The van der Waals surface area contributed by atoms with Crippen LogP contribution in [0.3, 0.4) is 0 Å². The molecule has 2 aliphatic rings. The van der Waals surface area contributed by atoms with Crippen LogP contribution >= 0.6 is 0 Å². The molecular formula is C18H26N2O4. The third-order valence-corrected chi connectivity index (χ3v) is 6.25. The smallest absolute Gasteiger partial charge is 0.254 e. The highest BCUT2D eigenvalue weighted by Gasteiger charge is 2.63. The number of piperidine rings is 1. The zero-order chi connectivity index (χ0) is 17.5. The van der Waals surface area contributed by atoms with Crippen LogP contribution in [0, 0.1) is 5.41 Å². The van der Waals surface area contributed by atoms with E-state index >= 15 is 0 Å². The average Bonchev–Trinajstić information content (AvgIpc) is 2.61. The van der Waals surface area contributed by atoms with E-state index in [1.165, 1.54) is 6.07 Å². The van der Waals surface area contributed by atoms with E-state index < -0.39 is 0 Å². The number of rotatable bonds is 3. The SMILES string of the molecule is CCn1ccc(C(=O)N2CCC3(CC2)C(O)CC3(C)OC)cc1=O. The highest BCUT2D eigenvalue weighted by molar-refractivity contribution is 5.94. The number of hydrogen-bond acceptors (Lipinski definition) is 4. The number of aryl methyl sites for hydroxylation is 1. The standard InChI is InChI=1S/C18H26N2O4/c1-4-19-8-5-13(11-15(19)22)16(23)20-9-6-18(7-10-20)14(21)12-17(18,2)24-3/h5,8,11,14,21H,4,6-7,9-10,12H2,1-3H3. The second kappa shape index (κ2) is 6.01. The maximum Gasteiger partial charge on any atom is 0.254 e. The van der Waals surface area contributed by atoms with E-state index in [0.29, 0.717) is 31.6 Å². The summed E-state index contributed by atoms with van der Waals surface area (Å²) < 4.78 is 7.22. The molecule has 0 aromatic carbocycles. The first-order valence-corrected chi connectivity index (χ1v) is 8.60. The number of aliphatic hydroxyl groups is 1. The lowest BCUT2D eigenvalue weighted by Gasteiger charge is -2.62. The summed E-state index contributed by atoms with van der Waals surface area (Å²) in [5, 5.41) is 10.3. The molecule has 1 amide bonds. The molecule has 2 unspecified atom stereocenters. The maximum absolute atomic E-state index is 12.7. The molecule has 1 saturated heterocycles. The number of pyridine rings is 1. The number of nitrogens with zero attached hydrogens (tertiary/aromatic N) is 2. The van der Waals surface area contributed by atoms with Crippen LogP contribution in [0.1, 0.15) is 43.5 Å². The molecule has 132 valence electrons. The minimum atomic E-state index is -0.367. The summed E-state index contributed by atoms with van der Waals surface area (Å²) in [6, 6.07) is 3.11. The Morgan fingerprint density at radius 1 is 1.42 bits per heavy atom. The number of aromatic nitrogens is 1. The topological polar surface area (TPSA) is 71.8 Å². The Bertz CT molecular complexity index is 691. The van der Waals surface area contributed by atoms with E-state index in [0.717, 1.165) is 12.8 Å². The largest absolute Gasteiger partial charge is 0.392 e. The summed E-state index contributed by atoms with van der Waals surface area (Å²) in [5.41, 5.74) is -0.296. The monoisotopic (exact) mass is 334 g/mol. The van der Waals surface area contributed by atoms with Gasteiger partial charge in [-0.1, -0.05) is 0 Å². The Kier molecular flexibility index (Phi) is 4.30. The molecular weight excluding hydrogens is 308 g/mol. The zero-order valence-electron chi connectivity index (χ0n) is 14.6. The van der Waals surface area contributed by atoms with Gasteiger partial charge in [0, 0.05) is 56.4 Å². The number of ether oxygens (including phenoxy) is 1. The zero-order valence-corrected chi connectivity index (χ0v) is 14.6. The molecule has 1 aromatic rings. The Balaban J connectivity index is 1.72. The van der Waals surface area contributed by atoms with E-state index in [9.17, 15) is 14.7 Å². The lowest BCUT2D eigenvalue weighted by atomic mass is 9.51. The molecule has 1 aromatic heterocycles. The molecule has 3 rings (SSSR count). The number of carbonyl (C=O) groups excluding carboxylic acids is 1. The van der Waals surface area contributed by atoms with Crippen molar-refractivity contribution in [3.8, 4) is 0 Å². The van der Waals surface area contributed by atoms with Gasteiger partial charge in [-0.2, -0.15) is 0 Å². The second-order valence-electron chi connectivity index (χ2n) is 7.14. The van der Waals surface area contributed by atoms with Crippen LogP contribution in [0.2, 0.25) is 0 Å². The van der Waals surface area contributed by atoms with Crippen molar-refractivity contribution in [1.29, 1.82) is 0 Å². The lowest BCUT2D eigenvalue weighted by Crippen LogP contribution is -2.69. The van der Waals surface area contributed by atoms with Crippen molar-refractivity contribution in [2.75, 3.05) is 20.2 Å². The number of aliphatic hydroxyl groups excluding tert-OH is 1. The van der Waals surface area contributed by atoms with E-state index in [4.69, 9.17) is 4.74 Å². The molecule has 0 radical (unpaired) electrons. The highest BCUT2D eigenvalue weighted by atomic mass is 16.5. The van der Waals surface area contributed by atoms with Crippen molar-refractivity contribution in [3.63, 3.8) is 0 Å². The highest BCUT2D eigenvalue weighted by Crippen LogP contribution is 2.57. The quantitative estimate of drug-likeness (QED) is 0.903. The van der Waals surface area contributed by atoms with Crippen LogP contribution in [0.4, 0.5) is 0 Å². The molecule has 0 bridgehead atoms. The number of likely N-dealkylation sites (tertiary alicyclic amines) is 1. The van der Waals surface area contributed by atoms with Gasteiger partial charge in [-0.05, 0) is 32.8 Å². The number of hydrogen-bond donors (Lipinski definition) is 1. The van der Waals surface area contributed by atoms with Crippen molar-refractivity contribution in [2.45, 2.75) is 51.4 Å². The Hall–Kier alpha value is -1.66. The van der Waals surface area contributed by atoms with Crippen LogP contribution in [-0.2, 0) is 11.3 Å². The van der Waals surface area contributed by atoms with E-state index in [1.54, 1.807) is 28.8 Å². The molecule has 2 heterocycles. The van der Waals surface area contributed by atoms with Crippen molar-refractivity contribution < 1.29 is 14.6 Å². The molecule has 1 saturated carbocycles. The lowest BCUT2D eigenvalue weighted by molar-refractivity contribution is -0.259. The summed E-state index contributed by atoms with van der Waals surface area (Å²) in [5.74, 6) is -0.113. The number of carbonyl (C=O) groups is 1. The molecule has 6 heteroatoms. The van der Waals surface area contributed by atoms with Gasteiger partial charge in [-0.25, -0.2) is 0 Å². The van der Waals surface area contributed by atoms with Crippen LogP contribution < -0.4 is 5.56 Å². The molecule has 1 N–H and O–H groups in total. The molecule has 1 aliphatic heterocycles. The van der Waals surface area contributed by atoms with Gasteiger partial charge in [0.15, 0.2) is 0 Å². The van der Waals surface area contributed by atoms with Crippen molar-refractivity contribution >= 4 is 5.91 Å². The predicted molar refractivity (Wildman–Crippen MR) is 90.0 cm³/mol. The van der Waals surface area contributed by atoms with Crippen molar-refractivity contribution in [3.05, 3.63) is 34.2 Å². The molecule has 2 atom stereocenters. The Labute approximate surface area is 142 Å². The van der Waals surface area contributed by atoms with Crippen LogP contribution in [0.15, 0.2) is 23.1 Å². The minimum absolute atomic E-state index is 0.113. The van der Waals surface area contributed by atoms with Gasteiger partial charge in [0.05, 0.1) is 11.7 Å². The van der Waals surface area contributed by atoms with Gasteiger partial charge in [-0.15, -0.1) is 0 Å². The average molecular weight is 334 g/mol. The molecule has 1 spiro atoms. The fourth-order valence-corrected chi connectivity index (χ4v) is 4.33. The Morgan fingerprint density at radius 2 is 2.08 bits per heavy atom. The number of amides is 1. The molecule has 6 nitrogen and oxygen atoms in total. The van der Waals surface area contributed by atoms with Crippen molar-refractivity contribution in [2.24, 2.45) is 5.41 Å². The summed E-state index contributed by atoms with van der Waals surface area (Å²) >= 11 is 0. The first-order chi connectivity index (χ1) is 11.4. The molecule has 24 heavy (non-hydrogen) atoms. The van der Waals surface area contributed by atoms with E-state index in [1.807, 2.05) is 13.8 Å². The summed E-state index contributed by atoms with van der Waals surface area (Å²) in [4.78, 5) is 26.4. The van der Waals surface area contributed by atoms with Crippen molar-refractivity contribution in [1.82, 2.24) is 9.47 Å². The van der Waals surface area contributed by atoms with Gasteiger partial charge < -0.3 is 19.3 Å². The fraction of sp³-hybridized carbons (Fsp3) is 0.667. The summed E-state index contributed by atoms with van der Waals surface area (Å²) in [6.07, 6.45) is 3.38. The maximum atomic E-state index is 12.7. The van der Waals surface area contributed by atoms with E-state index in [2.05, 4.69) is 0 Å². The predicted octanol–water partition coefficient (Wildman–Crippen LogP) is 1.26. The molecule has 2 fully saturated rings. The van der Waals surface area contributed by atoms with Gasteiger partial charge in [0.1, 0.15) is 0 Å². The van der Waals surface area contributed by atoms with E-state index in [-0.39, 0.29) is 28.6 Å². The summed E-state index contributed by atoms with van der Waals surface area (Å²) in [7, 11) is 1.69. The first kappa shape index (κ1) is 17.2. The van der Waals surface area contributed by atoms with Gasteiger partial charge in [0.25, 0.3) is 11.5 Å². The van der Waals surface area contributed by atoms with Gasteiger partial charge >= 0.3 is 0 Å². The Morgan fingerprint density at radius 3 is 2.58 bits per heavy atom. The normalized spacial score (nSPS) is 28.7. The van der Waals surface area contributed by atoms with Gasteiger partial charge in [-0.3, -0.25) is 9.59 Å². The third-order valence-electron chi connectivity index (χ3n) is 6.25. The third kappa shape index (κ3) is 2.40. The van der Waals surface area contributed by atoms with Crippen LogP contribution in [0.5, 0.6) is 0 Å². The first-order valence-electron chi connectivity index (χ1n) is 8.60. The summed E-state index contributed by atoms with van der Waals surface area (Å²) in [6.45, 7) is 5.68. The minimum Gasteiger partial charge on any atom is -0.392 e. The second-order valence-corrected chi connectivity index (χ2v) is 7.14.